The van der Waals surface area contributed by atoms with Crippen LogP contribution in [0, 0.1) is 0 Å². The molecule has 3 rings (SSSR count). The normalized spacial score (nSPS) is 23.4. The Morgan fingerprint density at radius 1 is 1.15 bits per heavy atom. The van der Waals surface area contributed by atoms with Gasteiger partial charge in [0.1, 0.15) is 0 Å². The van der Waals surface area contributed by atoms with Crippen LogP contribution >= 0.6 is 11.8 Å². The summed E-state index contributed by atoms with van der Waals surface area (Å²) in [5.74, 6) is 1.15. The second kappa shape index (κ2) is 7.14. The molecule has 20 heavy (non-hydrogen) atoms. The SMILES string of the molecule is c1ccc(C2CN=C(SCCN3CCCCC3)N2)cc1. The fourth-order valence-corrected chi connectivity index (χ4v) is 3.76. The maximum atomic E-state index is 4.63. The molecule has 1 aromatic carbocycles. The van der Waals surface area contributed by atoms with E-state index in [0.29, 0.717) is 6.04 Å². The third kappa shape index (κ3) is 3.76. The van der Waals surface area contributed by atoms with Crippen molar-refractivity contribution < 1.29 is 0 Å². The van der Waals surface area contributed by atoms with Crippen molar-refractivity contribution in [1.82, 2.24) is 10.2 Å². The number of rotatable bonds is 4. The maximum Gasteiger partial charge on any atom is 0.157 e. The van der Waals surface area contributed by atoms with Crippen molar-refractivity contribution in [2.24, 2.45) is 4.99 Å². The summed E-state index contributed by atoms with van der Waals surface area (Å²) in [4.78, 5) is 7.21. The van der Waals surface area contributed by atoms with Crippen LogP contribution < -0.4 is 5.32 Å². The predicted molar refractivity (Wildman–Crippen MR) is 87.4 cm³/mol. The first kappa shape index (κ1) is 14.0. The summed E-state index contributed by atoms with van der Waals surface area (Å²) < 4.78 is 0. The van der Waals surface area contributed by atoms with Gasteiger partial charge in [-0.1, -0.05) is 48.5 Å². The van der Waals surface area contributed by atoms with Crippen LogP contribution in [-0.2, 0) is 0 Å². The first-order chi connectivity index (χ1) is 9.92. The van der Waals surface area contributed by atoms with E-state index in [1.165, 1.54) is 44.5 Å². The number of benzene rings is 1. The molecule has 0 spiro atoms. The van der Waals surface area contributed by atoms with Gasteiger partial charge in [-0.2, -0.15) is 0 Å². The van der Waals surface area contributed by atoms with E-state index in [0.717, 1.165) is 17.5 Å². The number of nitrogens with zero attached hydrogens (tertiary/aromatic N) is 2. The summed E-state index contributed by atoms with van der Waals surface area (Å²) in [5.41, 5.74) is 1.34. The van der Waals surface area contributed by atoms with E-state index >= 15 is 0 Å². The molecule has 0 bridgehead atoms. The molecule has 3 nitrogen and oxygen atoms in total. The van der Waals surface area contributed by atoms with Crippen LogP contribution in [0.4, 0.5) is 0 Å². The van der Waals surface area contributed by atoms with E-state index in [-0.39, 0.29) is 0 Å². The average molecular weight is 289 g/mol. The quantitative estimate of drug-likeness (QED) is 0.923. The highest BCUT2D eigenvalue weighted by Gasteiger charge is 2.19. The molecule has 108 valence electrons. The zero-order chi connectivity index (χ0) is 13.6. The molecule has 4 heteroatoms. The molecule has 0 aromatic heterocycles. The minimum atomic E-state index is 0.369. The van der Waals surface area contributed by atoms with Crippen molar-refractivity contribution in [2.45, 2.75) is 25.3 Å². The van der Waals surface area contributed by atoms with Crippen molar-refractivity contribution in [3.8, 4) is 0 Å². The molecule has 0 aliphatic carbocycles. The van der Waals surface area contributed by atoms with Gasteiger partial charge < -0.3 is 10.2 Å². The number of amidine groups is 1. The Morgan fingerprint density at radius 3 is 2.75 bits per heavy atom. The molecule has 2 aliphatic rings. The second-order valence-corrected chi connectivity index (χ2v) is 6.59. The van der Waals surface area contributed by atoms with Crippen molar-refractivity contribution in [3.05, 3.63) is 35.9 Å². The van der Waals surface area contributed by atoms with Gasteiger partial charge in [0.2, 0.25) is 0 Å². The molecule has 1 unspecified atom stereocenters. The highest BCUT2D eigenvalue weighted by Crippen LogP contribution is 2.20. The van der Waals surface area contributed by atoms with E-state index in [2.05, 4.69) is 45.5 Å². The maximum absolute atomic E-state index is 4.63. The van der Waals surface area contributed by atoms with Gasteiger partial charge >= 0.3 is 0 Å². The number of aliphatic imine (C=N–C) groups is 1. The van der Waals surface area contributed by atoms with Crippen molar-refractivity contribution in [2.75, 3.05) is 31.9 Å². The third-order valence-corrected chi connectivity index (χ3v) is 4.92. The first-order valence-electron chi connectivity index (χ1n) is 7.63. The Kier molecular flexibility index (Phi) is 4.98. The largest absolute Gasteiger partial charge is 0.356 e. The van der Waals surface area contributed by atoms with Gasteiger partial charge in [-0.3, -0.25) is 4.99 Å². The lowest BCUT2D eigenvalue weighted by Crippen LogP contribution is -2.32. The number of hydrogen-bond acceptors (Lipinski definition) is 4. The van der Waals surface area contributed by atoms with E-state index in [1.54, 1.807) is 0 Å². The van der Waals surface area contributed by atoms with E-state index in [4.69, 9.17) is 0 Å². The van der Waals surface area contributed by atoms with Gasteiger partial charge in [0, 0.05) is 12.3 Å². The van der Waals surface area contributed by atoms with Crippen molar-refractivity contribution in [3.63, 3.8) is 0 Å². The van der Waals surface area contributed by atoms with Crippen LogP contribution in [0.3, 0.4) is 0 Å². The van der Waals surface area contributed by atoms with Gasteiger partial charge in [-0.05, 0) is 31.5 Å². The van der Waals surface area contributed by atoms with Crippen molar-refractivity contribution in [1.29, 1.82) is 0 Å². The predicted octanol–water partition coefficient (Wildman–Crippen LogP) is 2.91. The topological polar surface area (TPSA) is 27.6 Å². The minimum Gasteiger partial charge on any atom is -0.356 e. The summed E-state index contributed by atoms with van der Waals surface area (Å²) >= 11 is 1.87. The Hall–Kier alpha value is -1.00. The molecule has 1 saturated heterocycles. The van der Waals surface area contributed by atoms with Crippen LogP contribution in [0.5, 0.6) is 0 Å². The highest BCUT2D eigenvalue weighted by molar-refractivity contribution is 8.13. The molecule has 1 atom stereocenters. The van der Waals surface area contributed by atoms with E-state index < -0.39 is 0 Å². The summed E-state index contributed by atoms with van der Waals surface area (Å²) in [5, 5.41) is 4.66. The standard InChI is InChI=1S/C16H23N3S/c1-3-7-14(8-4-1)15-13-17-16(18-15)20-12-11-19-9-5-2-6-10-19/h1,3-4,7-8,15H,2,5-6,9-13H2,(H,17,18). The van der Waals surface area contributed by atoms with Crippen LogP contribution in [0.2, 0.25) is 0 Å². The summed E-state index contributed by atoms with van der Waals surface area (Å²) in [6, 6.07) is 11.0. The molecular formula is C16H23N3S. The first-order valence-corrected chi connectivity index (χ1v) is 8.61. The van der Waals surface area contributed by atoms with Crippen molar-refractivity contribution >= 4 is 16.9 Å². The number of nitrogens with one attached hydrogen (secondary N) is 1. The summed E-state index contributed by atoms with van der Waals surface area (Å²) in [6.07, 6.45) is 4.16. The molecular weight excluding hydrogens is 266 g/mol. The third-order valence-electron chi connectivity index (χ3n) is 4.01. The van der Waals surface area contributed by atoms with Crippen LogP contribution in [0.1, 0.15) is 30.9 Å². The van der Waals surface area contributed by atoms with Gasteiger partial charge in [-0.15, -0.1) is 0 Å². The lowest BCUT2D eigenvalue weighted by molar-refractivity contribution is 0.242. The fourth-order valence-electron chi connectivity index (χ4n) is 2.83. The van der Waals surface area contributed by atoms with Gasteiger partial charge in [0.25, 0.3) is 0 Å². The van der Waals surface area contributed by atoms with E-state index in [1.807, 2.05) is 11.8 Å². The average Bonchev–Trinajstić information content (AvgIpc) is 2.98. The molecule has 2 heterocycles. The molecule has 1 N–H and O–H groups in total. The van der Waals surface area contributed by atoms with E-state index in [9.17, 15) is 0 Å². The zero-order valence-electron chi connectivity index (χ0n) is 11.9. The van der Waals surface area contributed by atoms with Gasteiger partial charge in [0.05, 0.1) is 12.6 Å². The molecule has 1 fully saturated rings. The Labute approximate surface area is 125 Å². The minimum absolute atomic E-state index is 0.369. The monoisotopic (exact) mass is 289 g/mol. The Morgan fingerprint density at radius 2 is 1.95 bits per heavy atom. The zero-order valence-corrected chi connectivity index (χ0v) is 12.7. The molecule has 2 aliphatic heterocycles. The van der Waals surface area contributed by atoms with Gasteiger partial charge in [0.15, 0.2) is 5.17 Å². The summed E-state index contributed by atoms with van der Waals surface area (Å²) in [7, 11) is 0. The number of piperidine rings is 1. The Bertz CT molecular complexity index is 440. The fraction of sp³-hybridized carbons (Fsp3) is 0.562. The number of thioether (sulfide) groups is 1. The Balaban J connectivity index is 1.39. The molecule has 0 radical (unpaired) electrons. The molecule has 0 amide bonds. The lowest BCUT2D eigenvalue weighted by Gasteiger charge is -2.26. The molecule has 1 aromatic rings. The lowest BCUT2D eigenvalue weighted by atomic mass is 10.1. The van der Waals surface area contributed by atoms with Crippen LogP contribution in [-0.4, -0.2) is 42.0 Å². The molecule has 0 saturated carbocycles. The van der Waals surface area contributed by atoms with Crippen LogP contribution in [0.25, 0.3) is 0 Å². The smallest absolute Gasteiger partial charge is 0.157 e. The summed E-state index contributed by atoms with van der Waals surface area (Å²) in [6.45, 7) is 4.64. The van der Waals surface area contributed by atoms with Crippen LogP contribution in [0.15, 0.2) is 35.3 Å². The number of likely N-dealkylation sites (tertiary alicyclic amines) is 1. The van der Waals surface area contributed by atoms with Gasteiger partial charge in [-0.25, -0.2) is 0 Å². The second-order valence-electron chi connectivity index (χ2n) is 5.50. The number of hydrogen-bond donors (Lipinski definition) is 1. The highest BCUT2D eigenvalue weighted by atomic mass is 32.2.